The number of ether oxygens (including phenoxy) is 1. The number of amides is 1. The zero-order chi connectivity index (χ0) is 20.1. The molecule has 6 heteroatoms. The first-order chi connectivity index (χ1) is 13.5. The Bertz CT molecular complexity index is 943. The van der Waals surface area contributed by atoms with Crippen molar-refractivity contribution in [3.63, 3.8) is 0 Å². The molecule has 0 aliphatic carbocycles. The number of methoxy groups -OCH3 is 1. The third kappa shape index (κ3) is 4.93. The van der Waals surface area contributed by atoms with E-state index in [-0.39, 0.29) is 11.9 Å². The standard InChI is InChI=1S/C22H23ClN2O2S/c1-15-9-11-19(27-3)18(13-15)24-22(26)21(16-7-5-4-6-8-16)25(2)14-17-10-12-20(23)28-17/h4-13,21H,14H2,1-3H3,(H,24,26)/p+1/t21-/m0/s1. The highest BCUT2D eigenvalue weighted by molar-refractivity contribution is 7.16. The highest BCUT2D eigenvalue weighted by Crippen LogP contribution is 2.26. The number of benzene rings is 2. The Balaban J connectivity index is 1.88. The monoisotopic (exact) mass is 415 g/mol. The van der Waals surface area contributed by atoms with Gasteiger partial charge in [-0.25, -0.2) is 0 Å². The summed E-state index contributed by atoms with van der Waals surface area (Å²) in [6, 6.07) is 19.1. The number of quaternary nitrogens is 1. The predicted octanol–water partition coefficient (Wildman–Crippen LogP) is 4.11. The number of halogens is 1. The van der Waals surface area contributed by atoms with Gasteiger partial charge in [0.25, 0.3) is 5.91 Å². The minimum Gasteiger partial charge on any atom is -0.495 e. The van der Waals surface area contributed by atoms with Crippen molar-refractivity contribution in [3.8, 4) is 5.75 Å². The van der Waals surface area contributed by atoms with Gasteiger partial charge < -0.3 is 15.0 Å². The molecule has 1 aromatic heterocycles. The largest absolute Gasteiger partial charge is 0.495 e. The number of hydrogen-bond donors (Lipinski definition) is 2. The van der Waals surface area contributed by atoms with Gasteiger partial charge in [-0.2, -0.15) is 0 Å². The summed E-state index contributed by atoms with van der Waals surface area (Å²) < 4.78 is 6.17. The number of anilines is 1. The molecule has 3 rings (SSSR count). The molecule has 0 saturated heterocycles. The Labute approximate surface area is 174 Å². The molecule has 2 N–H and O–H groups in total. The number of carbonyl (C=O) groups is 1. The van der Waals surface area contributed by atoms with E-state index in [1.165, 1.54) is 0 Å². The number of aryl methyl sites for hydroxylation is 1. The van der Waals surface area contributed by atoms with Crippen LogP contribution in [0.2, 0.25) is 4.34 Å². The van der Waals surface area contributed by atoms with E-state index in [2.05, 4.69) is 5.32 Å². The number of likely N-dealkylation sites (N-methyl/N-ethyl adjacent to an activating group) is 1. The lowest BCUT2D eigenvalue weighted by molar-refractivity contribution is -0.915. The van der Waals surface area contributed by atoms with Gasteiger partial charge in [-0.15, -0.1) is 11.3 Å². The van der Waals surface area contributed by atoms with Crippen LogP contribution in [0.4, 0.5) is 5.69 Å². The van der Waals surface area contributed by atoms with E-state index < -0.39 is 0 Å². The van der Waals surface area contributed by atoms with Crippen LogP contribution in [0.5, 0.6) is 5.75 Å². The van der Waals surface area contributed by atoms with E-state index in [4.69, 9.17) is 16.3 Å². The Morgan fingerprint density at radius 2 is 1.93 bits per heavy atom. The molecule has 1 heterocycles. The minimum absolute atomic E-state index is 0.0738. The van der Waals surface area contributed by atoms with Crippen molar-refractivity contribution < 1.29 is 14.4 Å². The minimum atomic E-state index is -0.368. The maximum absolute atomic E-state index is 13.3. The quantitative estimate of drug-likeness (QED) is 0.609. The highest BCUT2D eigenvalue weighted by atomic mass is 35.5. The van der Waals surface area contributed by atoms with E-state index in [0.717, 1.165) is 25.2 Å². The van der Waals surface area contributed by atoms with E-state index >= 15 is 0 Å². The molecule has 0 fully saturated rings. The Kier molecular flexibility index (Phi) is 6.73. The van der Waals surface area contributed by atoms with Gasteiger partial charge in [0.2, 0.25) is 0 Å². The summed E-state index contributed by atoms with van der Waals surface area (Å²) in [5, 5.41) is 3.07. The molecule has 0 saturated carbocycles. The normalized spacial score (nSPS) is 13.0. The van der Waals surface area contributed by atoms with Crippen LogP contribution in [0.3, 0.4) is 0 Å². The third-order valence-corrected chi connectivity index (χ3v) is 5.81. The van der Waals surface area contributed by atoms with Crippen molar-refractivity contribution in [1.82, 2.24) is 0 Å². The van der Waals surface area contributed by atoms with E-state index in [1.807, 2.05) is 74.6 Å². The van der Waals surface area contributed by atoms with Gasteiger partial charge in [0, 0.05) is 5.56 Å². The van der Waals surface area contributed by atoms with Crippen LogP contribution >= 0.6 is 22.9 Å². The first kappa shape index (κ1) is 20.4. The summed E-state index contributed by atoms with van der Waals surface area (Å²) in [5.74, 6) is 0.573. The molecule has 0 aliphatic heterocycles. The summed E-state index contributed by atoms with van der Waals surface area (Å²) in [5.41, 5.74) is 2.70. The summed E-state index contributed by atoms with van der Waals surface area (Å²) >= 11 is 7.62. The van der Waals surface area contributed by atoms with Crippen molar-refractivity contribution in [2.75, 3.05) is 19.5 Å². The molecule has 2 aromatic carbocycles. The molecule has 1 unspecified atom stereocenters. The molecule has 0 aliphatic rings. The van der Waals surface area contributed by atoms with Crippen LogP contribution in [0.25, 0.3) is 0 Å². The molecular weight excluding hydrogens is 392 g/mol. The molecule has 2 atom stereocenters. The Morgan fingerprint density at radius 1 is 1.18 bits per heavy atom. The Morgan fingerprint density at radius 3 is 2.57 bits per heavy atom. The summed E-state index contributed by atoms with van der Waals surface area (Å²) in [6.45, 7) is 2.69. The number of carbonyl (C=O) groups excluding carboxylic acids is 1. The average Bonchev–Trinajstić information content (AvgIpc) is 3.07. The molecule has 0 bridgehead atoms. The van der Waals surface area contributed by atoms with Gasteiger partial charge in [0.1, 0.15) is 12.3 Å². The van der Waals surface area contributed by atoms with Crippen molar-refractivity contribution in [2.45, 2.75) is 19.5 Å². The molecule has 146 valence electrons. The average molecular weight is 416 g/mol. The number of thiophene rings is 1. The maximum atomic E-state index is 13.3. The lowest BCUT2D eigenvalue weighted by Crippen LogP contribution is -3.09. The second-order valence-corrected chi connectivity index (χ2v) is 8.57. The third-order valence-electron chi connectivity index (χ3n) is 4.58. The van der Waals surface area contributed by atoms with E-state index in [0.29, 0.717) is 18.0 Å². The van der Waals surface area contributed by atoms with Crippen LogP contribution in [0, 0.1) is 6.92 Å². The molecular formula is C22H24ClN2O2S+. The van der Waals surface area contributed by atoms with E-state index in [9.17, 15) is 4.79 Å². The van der Waals surface area contributed by atoms with Crippen molar-refractivity contribution in [3.05, 3.63) is 81.0 Å². The first-order valence-corrected chi connectivity index (χ1v) is 10.2. The molecule has 1 amide bonds. The lowest BCUT2D eigenvalue weighted by Gasteiger charge is -2.24. The number of hydrogen-bond acceptors (Lipinski definition) is 3. The summed E-state index contributed by atoms with van der Waals surface area (Å²) in [7, 11) is 3.63. The fourth-order valence-corrected chi connectivity index (χ4v) is 4.44. The van der Waals surface area contributed by atoms with Gasteiger partial charge >= 0.3 is 0 Å². The van der Waals surface area contributed by atoms with Crippen molar-refractivity contribution >= 4 is 34.5 Å². The topological polar surface area (TPSA) is 42.8 Å². The molecule has 0 radical (unpaired) electrons. The lowest BCUT2D eigenvalue weighted by atomic mass is 10.0. The zero-order valence-corrected chi connectivity index (χ0v) is 17.7. The summed E-state index contributed by atoms with van der Waals surface area (Å²) in [6.07, 6.45) is 0. The van der Waals surface area contributed by atoms with Crippen molar-refractivity contribution in [1.29, 1.82) is 0 Å². The van der Waals surface area contributed by atoms with E-state index in [1.54, 1.807) is 18.4 Å². The second kappa shape index (κ2) is 9.24. The number of nitrogens with one attached hydrogen (secondary N) is 2. The fraction of sp³-hybridized carbons (Fsp3) is 0.227. The van der Waals surface area contributed by atoms with Crippen LogP contribution in [0.1, 0.15) is 22.0 Å². The Hall–Kier alpha value is -2.34. The van der Waals surface area contributed by atoms with Crippen LogP contribution in [-0.4, -0.2) is 20.1 Å². The van der Waals surface area contributed by atoms with Gasteiger partial charge in [-0.1, -0.05) is 48.0 Å². The van der Waals surface area contributed by atoms with Gasteiger partial charge in [0.05, 0.1) is 29.1 Å². The van der Waals surface area contributed by atoms with Gasteiger partial charge in [-0.05, 0) is 36.8 Å². The molecule has 28 heavy (non-hydrogen) atoms. The van der Waals surface area contributed by atoms with Crippen LogP contribution < -0.4 is 15.0 Å². The van der Waals surface area contributed by atoms with Gasteiger partial charge in [0.15, 0.2) is 6.04 Å². The summed E-state index contributed by atoms with van der Waals surface area (Å²) in [4.78, 5) is 15.5. The van der Waals surface area contributed by atoms with Crippen molar-refractivity contribution in [2.24, 2.45) is 0 Å². The van der Waals surface area contributed by atoms with Crippen LogP contribution in [-0.2, 0) is 11.3 Å². The van der Waals surface area contributed by atoms with Gasteiger partial charge in [-0.3, -0.25) is 4.79 Å². The highest BCUT2D eigenvalue weighted by Gasteiger charge is 2.30. The maximum Gasteiger partial charge on any atom is 0.287 e. The smallest absolute Gasteiger partial charge is 0.287 e. The fourth-order valence-electron chi connectivity index (χ4n) is 3.25. The zero-order valence-electron chi connectivity index (χ0n) is 16.2. The molecule has 4 nitrogen and oxygen atoms in total. The SMILES string of the molecule is COc1ccc(C)cc1NC(=O)[C@H](c1ccccc1)[NH+](C)Cc1ccc(Cl)s1. The van der Waals surface area contributed by atoms with Crippen LogP contribution in [0.15, 0.2) is 60.7 Å². The second-order valence-electron chi connectivity index (χ2n) is 6.77. The number of rotatable bonds is 7. The predicted molar refractivity (Wildman–Crippen MR) is 115 cm³/mol. The first-order valence-electron chi connectivity index (χ1n) is 9.05. The molecule has 3 aromatic rings. The molecule has 0 spiro atoms.